The topological polar surface area (TPSA) is 101 Å². The second kappa shape index (κ2) is 6.17. The highest BCUT2D eigenvalue weighted by Crippen LogP contribution is 2.15. The summed E-state index contributed by atoms with van der Waals surface area (Å²) < 4.78 is 22.8. The lowest BCUT2D eigenvalue weighted by molar-refractivity contribution is 0.0948. The van der Waals surface area contributed by atoms with Gasteiger partial charge in [-0.1, -0.05) is 6.92 Å². The fourth-order valence-corrected chi connectivity index (χ4v) is 3.65. The van der Waals surface area contributed by atoms with Crippen LogP contribution in [0.3, 0.4) is 0 Å². The standard InChI is InChI=1S/C12H18N4O3S/c1-2-5-13-11(17)10-3-6-14-12(16-10)15-9-4-7-20(18,19)8-9/h3,6,9H,2,4-5,7-8H2,1H3,(H,13,17)(H,14,15,16). The maximum atomic E-state index is 11.8. The Morgan fingerprint density at radius 2 is 2.30 bits per heavy atom. The first-order chi connectivity index (χ1) is 9.50. The van der Waals surface area contributed by atoms with Crippen LogP contribution in [-0.4, -0.2) is 48.4 Å². The molecule has 1 aromatic heterocycles. The summed E-state index contributed by atoms with van der Waals surface area (Å²) in [7, 11) is -2.95. The van der Waals surface area contributed by atoms with E-state index in [4.69, 9.17) is 0 Å². The molecule has 0 spiro atoms. The predicted octanol–water partition coefficient (Wildman–Crippen LogP) is 0.215. The number of rotatable bonds is 5. The molecule has 2 N–H and O–H groups in total. The number of aromatic nitrogens is 2. The van der Waals surface area contributed by atoms with Crippen LogP contribution in [-0.2, 0) is 9.84 Å². The Morgan fingerprint density at radius 3 is 2.95 bits per heavy atom. The van der Waals surface area contributed by atoms with E-state index in [1.54, 1.807) is 0 Å². The zero-order valence-corrected chi connectivity index (χ0v) is 12.1. The van der Waals surface area contributed by atoms with E-state index in [-0.39, 0.29) is 35.1 Å². The Hall–Kier alpha value is -1.70. The van der Waals surface area contributed by atoms with Crippen molar-refractivity contribution < 1.29 is 13.2 Å². The average Bonchev–Trinajstić information content (AvgIpc) is 2.75. The Balaban J connectivity index is 2.01. The molecule has 1 fully saturated rings. The van der Waals surface area contributed by atoms with Gasteiger partial charge in [0.1, 0.15) is 5.69 Å². The van der Waals surface area contributed by atoms with Crippen LogP contribution in [0.4, 0.5) is 5.95 Å². The summed E-state index contributed by atoms with van der Waals surface area (Å²) in [4.78, 5) is 19.9. The molecule has 1 unspecified atom stereocenters. The van der Waals surface area contributed by atoms with Crippen molar-refractivity contribution in [1.82, 2.24) is 15.3 Å². The summed E-state index contributed by atoms with van der Waals surface area (Å²) in [5, 5.41) is 5.70. The lowest BCUT2D eigenvalue weighted by Gasteiger charge is -2.11. The van der Waals surface area contributed by atoms with E-state index in [2.05, 4.69) is 20.6 Å². The van der Waals surface area contributed by atoms with Gasteiger partial charge in [-0.15, -0.1) is 0 Å². The van der Waals surface area contributed by atoms with Crippen LogP contribution < -0.4 is 10.6 Å². The lowest BCUT2D eigenvalue weighted by Crippen LogP contribution is -2.26. The van der Waals surface area contributed by atoms with E-state index >= 15 is 0 Å². The number of hydrogen-bond donors (Lipinski definition) is 2. The highest BCUT2D eigenvalue weighted by atomic mass is 32.2. The molecule has 2 heterocycles. The van der Waals surface area contributed by atoms with Crippen LogP contribution in [0.1, 0.15) is 30.3 Å². The van der Waals surface area contributed by atoms with Crippen molar-refractivity contribution in [3.8, 4) is 0 Å². The maximum Gasteiger partial charge on any atom is 0.270 e. The van der Waals surface area contributed by atoms with Gasteiger partial charge in [0.2, 0.25) is 5.95 Å². The molecule has 110 valence electrons. The number of nitrogens with one attached hydrogen (secondary N) is 2. The van der Waals surface area contributed by atoms with Crippen LogP contribution >= 0.6 is 0 Å². The first-order valence-electron chi connectivity index (χ1n) is 6.58. The fourth-order valence-electron chi connectivity index (χ4n) is 1.98. The number of amides is 1. The van der Waals surface area contributed by atoms with Crippen LogP contribution in [0.15, 0.2) is 12.3 Å². The van der Waals surface area contributed by atoms with Crippen molar-refractivity contribution in [3.05, 3.63) is 18.0 Å². The first kappa shape index (κ1) is 14.7. The van der Waals surface area contributed by atoms with E-state index in [9.17, 15) is 13.2 Å². The number of carbonyl (C=O) groups excluding carboxylic acids is 1. The van der Waals surface area contributed by atoms with Gasteiger partial charge in [0, 0.05) is 18.8 Å². The third kappa shape index (κ3) is 3.89. The number of nitrogens with zero attached hydrogens (tertiary/aromatic N) is 2. The molecule has 7 nitrogen and oxygen atoms in total. The Kier molecular flexibility index (Phi) is 4.53. The number of carbonyl (C=O) groups is 1. The van der Waals surface area contributed by atoms with Crippen molar-refractivity contribution in [2.24, 2.45) is 0 Å². The number of hydrogen-bond acceptors (Lipinski definition) is 6. The first-order valence-corrected chi connectivity index (χ1v) is 8.40. The Morgan fingerprint density at radius 1 is 1.50 bits per heavy atom. The molecule has 1 aliphatic rings. The van der Waals surface area contributed by atoms with Crippen molar-refractivity contribution in [1.29, 1.82) is 0 Å². The fraction of sp³-hybridized carbons (Fsp3) is 0.583. The molecule has 0 bridgehead atoms. The van der Waals surface area contributed by atoms with E-state index in [0.29, 0.717) is 13.0 Å². The molecule has 20 heavy (non-hydrogen) atoms. The third-order valence-corrected chi connectivity index (χ3v) is 4.76. The summed E-state index contributed by atoms with van der Waals surface area (Å²) >= 11 is 0. The molecule has 2 rings (SSSR count). The Bertz CT molecular complexity index is 588. The molecule has 1 aliphatic heterocycles. The van der Waals surface area contributed by atoms with Gasteiger partial charge in [0.25, 0.3) is 5.91 Å². The highest BCUT2D eigenvalue weighted by Gasteiger charge is 2.28. The predicted molar refractivity (Wildman–Crippen MR) is 75.3 cm³/mol. The zero-order chi connectivity index (χ0) is 14.6. The normalized spacial score (nSPS) is 20.6. The van der Waals surface area contributed by atoms with Gasteiger partial charge in [-0.25, -0.2) is 18.4 Å². The molecule has 0 saturated carbocycles. The third-order valence-electron chi connectivity index (χ3n) is 2.99. The van der Waals surface area contributed by atoms with E-state index in [0.717, 1.165) is 6.42 Å². The molecule has 0 aromatic carbocycles. The maximum absolute atomic E-state index is 11.8. The van der Waals surface area contributed by atoms with E-state index < -0.39 is 9.84 Å². The molecule has 1 aromatic rings. The summed E-state index contributed by atoms with van der Waals surface area (Å²) in [6, 6.07) is 1.34. The second-order valence-electron chi connectivity index (χ2n) is 4.77. The van der Waals surface area contributed by atoms with Crippen molar-refractivity contribution in [2.45, 2.75) is 25.8 Å². The zero-order valence-electron chi connectivity index (χ0n) is 11.3. The molecule has 1 atom stereocenters. The minimum absolute atomic E-state index is 0.0859. The summed E-state index contributed by atoms with van der Waals surface area (Å²) in [6.07, 6.45) is 2.87. The molecular formula is C12H18N4O3S. The largest absolute Gasteiger partial charge is 0.351 e. The lowest BCUT2D eigenvalue weighted by atomic mass is 10.3. The second-order valence-corrected chi connectivity index (χ2v) is 6.99. The highest BCUT2D eigenvalue weighted by molar-refractivity contribution is 7.91. The quantitative estimate of drug-likeness (QED) is 0.806. The van der Waals surface area contributed by atoms with E-state index in [1.807, 2.05) is 6.92 Å². The smallest absolute Gasteiger partial charge is 0.270 e. The van der Waals surface area contributed by atoms with Gasteiger partial charge in [-0.05, 0) is 18.9 Å². The average molecular weight is 298 g/mol. The number of anilines is 1. The molecule has 0 radical (unpaired) electrons. The molecule has 8 heteroatoms. The van der Waals surface area contributed by atoms with Crippen LogP contribution in [0.25, 0.3) is 0 Å². The van der Waals surface area contributed by atoms with Crippen molar-refractivity contribution in [2.75, 3.05) is 23.4 Å². The van der Waals surface area contributed by atoms with Gasteiger partial charge >= 0.3 is 0 Å². The van der Waals surface area contributed by atoms with Gasteiger partial charge in [0.05, 0.1) is 11.5 Å². The van der Waals surface area contributed by atoms with Crippen LogP contribution in [0, 0.1) is 0 Å². The summed E-state index contributed by atoms with van der Waals surface area (Å²) in [5.74, 6) is 0.303. The number of sulfone groups is 1. The summed E-state index contributed by atoms with van der Waals surface area (Å²) in [5.41, 5.74) is 0.275. The molecule has 1 amide bonds. The SMILES string of the molecule is CCCNC(=O)c1ccnc(NC2CCS(=O)(=O)C2)n1. The minimum atomic E-state index is -2.95. The van der Waals surface area contributed by atoms with Crippen LogP contribution in [0.5, 0.6) is 0 Å². The van der Waals surface area contributed by atoms with Crippen LogP contribution in [0.2, 0.25) is 0 Å². The minimum Gasteiger partial charge on any atom is -0.351 e. The molecule has 1 saturated heterocycles. The van der Waals surface area contributed by atoms with Gasteiger partial charge in [-0.3, -0.25) is 4.79 Å². The van der Waals surface area contributed by atoms with E-state index in [1.165, 1.54) is 12.3 Å². The van der Waals surface area contributed by atoms with Crippen molar-refractivity contribution in [3.63, 3.8) is 0 Å². The van der Waals surface area contributed by atoms with Gasteiger partial charge in [-0.2, -0.15) is 0 Å². The molecular weight excluding hydrogens is 280 g/mol. The van der Waals surface area contributed by atoms with Gasteiger partial charge < -0.3 is 10.6 Å². The molecule has 0 aliphatic carbocycles. The Labute approximate surface area is 118 Å². The van der Waals surface area contributed by atoms with Gasteiger partial charge in [0.15, 0.2) is 9.84 Å². The monoisotopic (exact) mass is 298 g/mol. The van der Waals surface area contributed by atoms with Crippen molar-refractivity contribution >= 4 is 21.7 Å². The summed E-state index contributed by atoms with van der Waals surface area (Å²) in [6.45, 7) is 2.56.